The highest BCUT2D eigenvalue weighted by Crippen LogP contribution is 2.34. The maximum absolute atomic E-state index is 10.6. The van der Waals surface area contributed by atoms with E-state index in [0.717, 1.165) is 20.5 Å². The average molecular weight is 274 g/mol. The predicted octanol–water partition coefficient (Wildman–Crippen LogP) is 3.46. The van der Waals surface area contributed by atoms with E-state index in [2.05, 4.69) is 4.98 Å². The van der Waals surface area contributed by atoms with Gasteiger partial charge in [0.1, 0.15) is 5.01 Å². The van der Waals surface area contributed by atoms with Crippen LogP contribution in [0, 0.1) is 6.92 Å². The monoisotopic (exact) mass is 273 g/mol. The summed E-state index contributed by atoms with van der Waals surface area (Å²) in [6.45, 7) is 1.83. The molecule has 3 nitrogen and oxygen atoms in total. The Hall–Kier alpha value is -0.910. The van der Waals surface area contributed by atoms with E-state index in [1.807, 2.05) is 19.1 Å². The van der Waals surface area contributed by atoms with Crippen molar-refractivity contribution < 1.29 is 9.90 Å². The van der Waals surface area contributed by atoms with Crippen LogP contribution >= 0.6 is 34.3 Å². The second-order valence-electron chi connectivity index (χ2n) is 3.20. The van der Waals surface area contributed by atoms with Crippen molar-refractivity contribution in [3.63, 3.8) is 0 Å². The lowest BCUT2D eigenvalue weighted by atomic mass is 10.3. The number of aromatic nitrogens is 1. The summed E-state index contributed by atoms with van der Waals surface area (Å²) in [6.07, 6.45) is 0.0304. The molecule has 0 amide bonds. The molecule has 0 bridgehead atoms. The highest BCUT2D eigenvalue weighted by Gasteiger charge is 2.13. The normalized spacial score (nSPS) is 10.6. The summed E-state index contributed by atoms with van der Waals surface area (Å²) in [5.41, 5.74) is 0.784. The largest absolute Gasteiger partial charge is 0.481 e. The zero-order valence-electron chi connectivity index (χ0n) is 8.36. The van der Waals surface area contributed by atoms with Gasteiger partial charge in [0.15, 0.2) is 0 Å². The van der Waals surface area contributed by atoms with Crippen molar-refractivity contribution in [3.05, 3.63) is 27.0 Å². The van der Waals surface area contributed by atoms with E-state index in [1.54, 1.807) is 0 Å². The topological polar surface area (TPSA) is 50.2 Å². The van der Waals surface area contributed by atoms with Gasteiger partial charge in [0.05, 0.1) is 21.3 Å². The van der Waals surface area contributed by atoms with E-state index in [-0.39, 0.29) is 6.42 Å². The molecule has 0 aromatic carbocycles. The zero-order valence-corrected chi connectivity index (χ0v) is 10.7. The van der Waals surface area contributed by atoms with Crippen molar-refractivity contribution in [1.29, 1.82) is 0 Å². The molecule has 1 N–H and O–H groups in total. The van der Waals surface area contributed by atoms with Crippen LogP contribution in [-0.2, 0) is 11.2 Å². The number of carboxylic acids is 1. The van der Waals surface area contributed by atoms with Gasteiger partial charge in [0.25, 0.3) is 0 Å². The Balaban J connectivity index is 2.33. The van der Waals surface area contributed by atoms with Crippen LogP contribution in [0.1, 0.15) is 10.6 Å². The Kier molecular flexibility index (Phi) is 3.28. The van der Waals surface area contributed by atoms with Gasteiger partial charge >= 0.3 is 5.97 Å². The van der Waals surface area contributed by atoms with Gasteiger partial charge in [-0.1, -0.05) is 11.6 Å². The molecule has 2 aromatic rings. The number of aliphatic carboxylic acids is 1. The molecule has 0 saturated carbocycles. The molecule has 2 aromatic heterocycles. The minimum Gasteiger partial charge on any atom is -0.481 e. The number of nitrogens with zero attached hydrogens (tertiary/aromatic N) is 1. The third-order valence-electron chi connectivity index (χ3n) is 1.99. The maximum atomic E-state index is 10.6. The molecule has 0 spiro atoms. The van der Waals surface area contributed by atoms with Gasteiger partial charge in [-0.15, -0.1) is 22.7 Å². The lowest BCUT2D eigenvalue weighted by Gasteiger charge is -1.89. The van der Waals surface area contributed by atoms with E-state index >= 15 is 0 Å². The second-order valence-corrected chi connectivity index (χ2v) is 6.00. The van der Waals surface area contributed by atoms with Crippen molar-refractivity contribution in [2.24, 2.45) is 0 Å². The Morgan fingerprint density at radius 1 is 1.50 bits per heavy atom. The fourth-order valence-corrected chi connectivity index (χ4v) is 3.42. The summed E-state index contributed by atoms with van der Waals surface area (Å²) in [4.78, 5) is 16.8. The van der Waals surface area contributed by atoms with Crippen LogP contribution in [0.15, 0.2) is 12.1 Å². The van der Waals surface area contributed by atoms with Crippen LogP contribution in [0.2, 0.25) is 4.34 Å². The van der Waals surface area contributed by atoms with Gasteiger partial charge in [-0.05, 0) is 19.1 Å². The highest BCUT2D eigenvalue weighted by atomic mass is 35.5. The summed E-state index contributed by atoms with van der Waals surface area (Å²) < 4.78 is 0.711. The van der Waals surface area contributed by atoms with Gasteiger partial charge in [0, 0.05) is 4.88 Å². The van der Waals surface area contributed by atoms with Crippen molar-refractivity contribution in [3.8, 4) is 9.88 Å². The summed E-state index contributed by atoms with van der Waals surface area (Å²) in [5, 5.41) is 9.57. The number of rotatable bonds is 3. The predicted molar refractivity (Wildman–Crippen MR) is 66.5 cm³/mol. The first kappa shape index (κ1) is 11.6. The van der Waals surface area contributed by atoms with Crippen molar-refractivity contribution in [1.82, 2.24) is 4.98 Å². The number of thiazole rings is 1. The molecule has 2 heterocycles. The van der Waals surface area contributed by atoms with Crippen LogP contribution in [0.25, 0.3) is 9.88 Å². The molecule has 2 rings (SSSR count). The fraction of sp³-hybridized carbons (Fsp3) is 0.200. The standard InChI is InChI=1S/C10H8ClNO2S2/c1-5-7(4-9(13)14)16-10(12-5)6-2-3-8(11)15-6/h2-3H,4H2,1H3,(H,13,14). The molecule has 0 aliphatic carbocycles. The molecular weight excluding hydrogens is 266 g/mol. The smallest absolute Gasteiger partial charge is 0.308 e. The number of carboxylic acid groups (broad SMARTS) is 1. The van der Waals surface area contributed by atoms with Gasteiger partial charge in [0.2, 0.25) is 0 Å². The SMILES string of the molecule is Cc1nc(-c2ccc(Cl)s2)sc1CC(=O)O. The van der Waals surface area contributed by atoms with Gasteiger partial charge in [-0.3, -0.25) is 4.79 Å². The van der Waals surface area contributed by atoms with Crippen LogP contribution < -0.4 is 0 Å². The minimum atomic E-state index is -0.831. The van der Waals surface area contributed by atoms with Crippen LogP contribution in [0.5, 0.6) is 0 Å². The first-order valence-electron chi connectivity index (χ1n) is 4.50. The van der Waals surface area contributed by atoms with E-state index in [4.69, 9.17) is 16.7 Å². The van der Waals surface area contributed by atoms with Crippen LogP contribution in [-0.4, -0.2) is 16.1 Å². The number of hydrogen-bond acceptors (Lipinski definition) is 4. The Morgan fingerprint density at radius 3 is 2.81 bits per heavy atom. The van der Waals surface area contributed by atoms with Gasteiger partial charge in [-0.25, -0.2) is 4.98 Å². The molecule has 16 heavy (non-hydrogen) atoms. The summed E-state index contributed by atoms with van der Waals surface area (Å²) in [7, 11) is 0. The summed E-state index contributed by atoms with van der Waals surface area (Å²) in [6, 6.07) is 3.71. The molecule has 0 fully saturated rings. The zero-order chi connectivity index (χ0) is 11.7. The fourth-order valence-electron chi connectivity index (χ4n) is 1.26. The van der Waals surface area contributed by atoms with Gasteiger partial charge in [-0.2, -0.15) is 0 Å². The molecule has 6 heteroatoms. The molecule has 84 valence electrons. The Morgan fingerprint density at radius 2 is 2.25 bits per heavy atom. The number of thiophene rings is 1. The lowest BCUT2D eigenvalue weighted by Crippen LogP contribution is -1.99. The average Bonchev–Trinajstić information content (AvgIpc) is 2.74. The van der Waals surface area contributed by atoms with Crippen LogP contribution in [0.3, 0.4) is 0 Å². The number of aryl methyl sites for hydroxylation is 1. The first-order valence-corrected chi connectivity index (χ1v) is 6.51. The number of halogens is 1. The Bertz CT molecular complexity index is 533. The van der Waals surface area contributed by atoms with Crippen molar-refractivity contribution in [2.75, 3.05) is 0 Å². The number of hydrogen-bond donors (Lipinski definition) is 1. The van der Waals surface area contributed by atoms with E-state index in [0.29, 0.717) is 4.34 Å². The molecule has 0 aliphatic rings. The van der Waals surface area contributed by atoms with E-state index < -0.39 is 5.97 Å². The highest BCUT2D eigenvalue weighted by molar-refractivity contribution is 7.23. The molecule has 0 saturated heterocycles. The third-order valence-corrected chi connectivity index (χ3v) is 4.55. The molecule has 0 unspecified atom stereocenters. The lowest BCUT2D eigenvalue weighted by molar-refractivity contribution is -0.136. The molecule has 0 atom stereocenters. The minimum absolute atomic E-state index is 0.0304. The van der Waals surface area contributed by atoms with Crippen molar-refractivity contribution >= 4 is 40.2 Å². The van der Waals surface area contributed by atoms with Gasteiger partial charge < -0.3 is 5.11 Å². The quantitative estimate of drug-likeness (QED) is 0.932. The first-order chi connectivity index (χ1) is 7.56. The van der Waals surface area contributed by atoms with E-state index in [1.165, 1.54) is 22.7 Å². The summed E-state index contributed by atoms with van der Waals surface area (Å²) >= 11 is 8.70. The molecule has 0 aliphatic heterocycles. The van der Waals surface area contributed by atoms with E-state index in [9.17, 15) is 4.79 Å². The third kappa shape index (κ3) is 2.42. The second kappa shape index (κ2) is 4.53. The van der Waals surface area contributed by atoms with Crippen LogP contribution in [0.4, 0.5) is 0 Å². The molecular formula is C10H8ClNO2S2. The maximum Gasteiger partial charge on any atom is 0.308 e. The number of carbonyl (C=O) groups is 1. The molecule has 0 radical (unpaired) electrons. The Labute approximate surface area is 105 Å². The summed E-state index contributed by atoms with van der Waals surface area (Å²) in [5.74, 6) is -0.831. The van der Waals surface area contributed by atoms with Crippen molar-refractivity contribution in [2.45, 2.75) is 13.3 Å².